The summed E-state index contributed by atoms with van der Waals surface area (Å²) in [5, 5.41) is 2.76. The van der Waals surface area contributed by atoms with E-state index in [1.807, 2.05) is 27.7 Å². The Kier molecular flexibility index (Phi) is 11.0. The van der Waals surface area contributed by atoms with Gasteiger partial charge in [0.2, 0.25) is 5.91 Å². The van der Waals surface area contributed by atoms with Crippen molar-refractivity contribution in [2.45, 2.75) is 109 Å². The SMILES string of the molecule is C/C(N)=C/C=C(/S[C@@H](C)C(CC(N)=O)N1CCC2(CCC[C@H]2NC(=O)OC(C)(C)C)CC1)C(C)C(F)(F)F. The minimum absolute atomic E-state index is 0.00866. The van der Waals surface area contributed by atoms with Crippen LogP contribution in [0.2, 0.25) is 0 Å². The van der Waals surface area contributed by atoms with Crippen LogP contribution >= 0.6 is 11.8 Å². The number of nitrogens with zero attached hydrogens (tertiary/aromatic N) is 1. The van der Waals surface area contributed by atoms with Crippen LogP contribution in [-0.2, 0) is 9.53 Å². The fourth-order valence-corrected chi connectivity index (χ4v) is 6.80. The number of amides is 2. The molecule has 4 atom stereocenters. The molecular formula is C27H45F3N4O3S. The first-order valence-corrected chi connectivity index (χ1v) is 14.2. The van der Waals surface area contributed by atoms with Gasteiger partial charge in [0.25, 0.3) is 0 Å². The monoisotopic (exact) mass is 562 g/mol. The lowest BCUT2D eigenvalue weighted by Gasteiger charge is -2.46. The van der Waals surface area contributed by atoms with Crippen LogP contribution in [0.5, 0.6) is 0 Å². The molecule has 1 aliphatic carbocycles. The molecule has 1 saturated heterocycles. The molecule has 2 fully saturated rings. The molecule has 2 rings (SSSR count). The zero-order valence-corrected chi connectivity index (χ0v) is 24.3. The Balaban J connectivity index is 2.16. The Morgan fingerprint density at radius 3 is 2.24 bits per heavy atom. The summed E-state index contributed by atoms with van der Waals surface area (Å²) in [5.74, 6) is -2.15. The maximum atomic E-state index is 13.6. The summed E-state index contributed by atoms with van der Waals surface area (Å²) in [6, 6.07) is -0.311. The maximum Gasteiger partial charge on any atom is 0.407 e. The zero-order valence-electron chi connectivity index (χ0n) is 23.5. The summed E-state index contributed by atoms with van der Waals surface area (Å²) in [6.07, 6.45) is 2.66. The van der Waals surface area contributed by atoms with Gasteiger partial charge in [0.05, 0.1) is 5.92 Å². The number of primary amides is 1. The molecule has 7 nitrogen and oxygen atoms in total. The Bertz CT molecular complexity index is 889. The largest absolute Gasteiger partial charge is 0.444 e. The zero-order chi connectivity index (χ0) is 28.9. The van der Waals surface area contributed by atoms with E-state index in [4.69, 9.17) is 16.2 Å². The predicted octanol–water partition coefficient (Wildman–Crippen LogP) is 5.46. The summed E-state index contributed by atoms with van der Waals surface area (Å²) >= 11 is 1.12. The number of nitrogens with one attached hydrogen (secondary N) is 1. The van der Waals surface area contributed by atoms with Crippen LogP contribution in [0.15, 0.2) is 22.8 Å². The predicted molar refractivity (Wildman–Crippen MR) is 146 cm³/mol. The standard InChI is InChI=1S/C27H45F3N4O3S/c1-17(31)9-10-21(18(2)27(28,29)30)38-19(3)20(16-23(32)35)34-14-12-26(13-15-34)11-7-8-22(26)33-24(36)37-25(4,5)6/h9-10,18-20,22H,7-8,11-16,31H2,1-6H3,(H2,32,35)(H,33,36)/b17-9-,21-10+/t18?,19-,20?,22+/m0/s1. The van der Waals surface area contributed by atoms with E-state index in [2.05, 4.69) is 10.2 Å². The third kappa shape index (κ3) is 9.39. The quantitative estimate of drug-likeness (QED) is 0.322. The van der Waals surface area contributed by atoms with Gasteiger partial charge in [-0.25, -0.2) is 4.79 Å². The number of carbonyl (C=O) groups is 2. The Labute approximate surface area is 229 Å². The molecule has 2 amide bonds. The van der Waals surface area contributed by atoms with Crippen molar-refractivity contribution in [3.8, 4) is 0 Å². The van der Waals surface area contributed by atoms with Crippen molar-refractivity contribution in [1.29, 1.82) is 0 Å². The number of alkyl halides is 3. The van der Waals surface area contributed by atoms with E-state index in [-0.39, 0.29) is 34.1 Å². The second kappa shape index (κ2) is 13.0. The minimum atomic E-state index is -4.40. The first kappa shape index (κ1) is 32.3. The molecule has 2 aliphatic rings. The number of halogens is 3. The van der Waals surface area contributed by atoms with Gasteiger partial charge in [0.15, 0.2) is 0 Å². The number of likely N-dealkylation sites (tertiary alicyclic amines) is 1. The normalized spacial score (nSPS) is 23.7. The van der Waals surface area contributed by atoms with Gasteiger partial charge < -0.3 is 21.5 Å². The molecule has 5 N–H and O–H groups in total. The molecule has 0 aromatic rings. The average molecular weight is 563 g/mol. The van der Waals surface area contributed by atoms with E-state index in [0.29, 0.717) is 18.8 Å². The molecular weight excluding hydrogens is 517 g/mol. The number of hydrogen-bond acceptors (Lipinski definition) is 6. The highest BCUT2D eigenvalue weighted by atomic mass is 32.2. The average Bonchev–Trinajstić information content (AvgIpc) is 3.14. The minimum Gasteiger partial charge on any atom is -0.444 e. The van der Waals surface area contributed by atoms with Crippen molar-refractivity contribution >= 4 is 23.8 Å². The summed E-state index contributed by atoms with van der Waals surface area (Å²) < 4.78 is 46.3. The summed E-state index contributed by atoms with van der Waals surface area (Å²) in [7, 11) is 0. The second-order valence-corrected chi connectivity index (χ2v) is 13.2. The van der Waals surface area contributed by atoms with Gasteiger partial charge in [-0.05, 0) is 89.8 Å². The van der Waals surface area contributed by atoms with Gasteiger partial charge in [-0.2, -0.15) is 13.2 Å². The van der Waals surface area contributed by atoms with Crippen molar-refractivity contribution in [3.05, 3.63) is 22.8 Å². The molecule has 0 bridgehead atoms. The number of hydrogen-bond donors (Lipinski definition) is 3. The number of nitrogens with two attached hydrogens (primary N) is 2. The molecule has 1 aliphatic heterocycles. The van der Waals surface area contributed by atoms with E-state index in [1.54, 1.807) is 6.92 Å². The van der Waals surface area contributed by atoms with Crippen LogP contribution in [-0.4, -0.2) is 59.1 Å². The van der Waals surface area contributed by atoms with Crippen molar-refractivity contribution < 1.29 is 27.5 Å². The van der Waals surface area contributed by atoms with Crippen LogP contribution in [0.1, 0.15) is 80.1 Å². The fourth-order valence-electron chi connectivity index (χ4n) is 5.47. The highest BCUT2D eigenvalue weighted by Gasteiger charge is 2.47. The van der Waals surface area contributed by atoms with Gasteiger partial charge in [-0.15, -0.1) is 11.8 Å². The van der Waals surface area contributed by atoms with Crippen LogP contribution in [0.25, 0.3) is 0 Å². The second-order valence-electron chi connectivity index (χ2n) is 11.8. The summed E-state index contributed by atoms with van der Waals surface area (Å²) in [6.45, 7) is 11.4. The van der Waals surface area contributed by atoms with Gasteiger partial charge in [0.1, 0.15) is 5.60 Å². The smallest absolute Gasteiger partial charge is 0.407 e. The van der Waals surface area contributed by atoms with Crippen LogP contribution < -0.4 is 16.8 Å². The fraction of sp³-hybridized carbons (Fsp3) is 0.778. The Morgan fingerprint density at radius 2 is 1.74 bits per heavy atom. The van der Waals surface area contributed by atoms with Crippen LogP contribution in [0, 0.1) is 11.3 Å². The molecule has 1 heterocycles. The topological polar surface area (TPSA) is 111 Å². The highest BCUT2D eigenvalue weighted by molar-refractivity contribution is 8.03. The molecule has 0 aromatic heterocycles. The summed E-state index contributed by atoms with van der Waals surface area (Å²) in [4.78, 5) is 26.8. The van der Waals surface area contributed by atoms with Crippen molar-refractivity contribution in [3.63, 3.8) is 0 Å². The lowest BCUT2D eigenvalue weighted by atomic mass is 9.73. The van der Waals surface area contributed by atoms with Gasteiger partial charge in [0, 0.05) is 29.5 Å². The molecule has 0 radical (unpaired) electrons. The van der Waals surface area contributed by atoms with Crippen LogP contribution in [0.3, 0.4) is 0 Å². The molecule has 1 spiro atoms. The number of thioether (sulfide) groups is 1. The number of allylic oxidation sites excluding steroid dienone is 4. The van der Waals surface area contributed by atoms with E-state index >= 15 is 0 Å². The van der Waals surface area contributed by atoms with Gasteiger partial charge in [-0.3, -0.25) is 9.69 Å². The van der Waals surface area contributed by atoms with Crippen molar-refractivity contribution in [2.24, 2.45) is 22.8 Å². The molecule has 11 heteroatoms. The molecule has 2 unspecified atom stereocenters. The van der Waals surface area contributed by atoms with E-state index in [0.717, 1.165) is 50.8 Å². The maximum absolute atomic E-state index is 13.6. The number of carbonyl (C=O) groups excluding carboxylic acids is 2. The number of ether oxygens (including phenoxy) is 1. The molecule has 38 heavy (non-hydrogen) atoms. The summed E-state index contributed by atoms with van der Waals surface area (Å²) in [5.41, 5.74) is 11.0. The highest BCUT2D eigenvalue weighted by Crippen LogP contribution is 2.48. The Morgan fingerprint density at radius 1 is 1.13 bits per heavy atom. The van der Waals surface area contributed by atoms with E-state index in [1.165, 1.54) is 12.2 Å². The molecule has 0 aromatic carbocycles. The molecule has 1 saturated carbocycles. The Hall–Kier alpha value is -1.88. The number of rotatable bonds is 9. The first-order valence-electron chi connectivity index (χ1n) is 13.3. The lowest BCUT2D eigenvalue weighted by Crippen LogP contribution is -2.54. The van der Waals surface area contributed by atoms with E-state index < -0.39 is 29.7 Å². The van der Waals surface area contributed by atoms with Crippen molar-refractivity contribution in [1.82, 2.24) is 10.2 Å². The van der Waals surface area contributed by atoms with Crippen molar-refractivity contribution in [2.75, 3.05) is 13.1 Å². The number of piperidine rings is 1. The van der Waals surface area contributed by atoms with Gasteiger partial charge in [-0.1, -0.05) is 19.4 Å². The van der Waals surface area contributed by atoms with E-state index in [9.17, 15) is 22.8 Å². The third-order valence-corrected chi connectivity index (χ3v) is 9.01. The van der Waals surface area contributed by atoms with Gasteiger partial charge >= 0.3 is 12.3 Å². The number of alkyl carbamates (subject to hydrolysis) is 1. The molecule has 218 valence electrons. The third-order valence-electron chi connectivity index (χ3n) is 7.56. The first-order chi connectivity index (χ1) is 17.4. The van der Waals surface area contributed by atoms with Crippen LogP contribution in [0.4, 0.5) is 18.0 Å². The lowest BCUT2D eigenvalue weighted by molar-refractivity contribution is -0.157.